The Kier molecular flexibility index (Phi) is 4.20. The predicted molar refractivity (Wildman–Crippen MR) is 77.4 cm³/mol. The smallest absolute Gasteiger partial charge is 0.257 e. The highest BCUT2D eigenvalue weighted by Crippen LogP contribution is 2.25. The van der Waals surface area contributed by atoms with Gasteiger partial charge >= 0.3 is 0 Å². The SMILES string of the molecule is CN(CCc1ccccn1)C(=O)c1cccc(N)c1O. The van der Waals surface area contributed by atoms with E-state index in [1.807, 2.05) is 18.2 Å². The van der Waals surface area contributed by atoms with Crippen LogP contribution in [-0.2, 0) is 6.42 Å². The van der Waals surface area contributed by atoms with Crippen LogP contribution in [0.4, 0.5) is 5.69 Å². The van der Waals surface area contributed by atoms with Crippen molar-refractivity contribution in [2.24, 2.45) is 0 Å². The Morgan fingerprint density at radius 3 is 2.80 bits per heavy atom. The Bertz CT molecular complexity index is 599. The van der Waals surface area contributed by atoms with Crippen molar-refractivity contribution >= 4 is 11.6 Å². The first-order valence-electron chi connectivity index (χ1n) is 6.32. The minimum absolute atomic E-state index is 0.165. The average molecular weight is 271 g/mol. The van der Waals surface area contributed by atoms with Crippen molar-refractivity contribution in [1.29, 1.82) is 0 Å². The van der Waals surface area contributed by atoms with Crippen LogP contribution in [0.1, 0.15) is 16.1 Å². The molecule has 5 heteroatoms. The fourth-order valence-electron chi connectivity index (χ4n) is 1.87. The van der Waals surface area contributed by atoms with Crippen molar-refractivity contribution in [3.63, 3.8) is 0 Å². The van der Waals surface area contributed by atoms with Crippen molar-refractivity contribution in [2.45, 2.75) is 6.42 Å². The van der Waals surface area contributed by atoms with Crippen molar-refractivity contribution in [3.05, 3.63) is 53.9 Å². The molecule has 5 nitrogen and oxygen atoms in total. The van der Waals surface area contributed by atoms with E-state index >= 15 is 0 Å². The molecule has 0 saturated carbocycles. The van der Waals surface area contributed by atoms with Crippen molar-refractivity contribution in [1.82, 2.24) is 9.88 Å². The van der Waals surface area contributed by atoms with E-state index in [1.165, 1.54) is 0 Å². The summed E-state index contributed by atoms with van der Waals surface area (Å²) in [5.41, 5.74) is 6.93. The maximum Gasteiger partial charge on any atom is 0.257 e. The van der Waals surface area contributed by atoms with Crippen molar-refractivity contribution in [2.75, 3.05) is 19.3 Å². The minimum Gasteiger partial charge on any atom is -0.505 e. The first-order chi connectivity index (χ1) is 9.59. The molecule has 0 fully saturated rings. The Morgan fingerprint density at radius 1 is 1.30 bits per heavy atom. The number of nitrogen functional groups attached to an aromatic ring is 1. The quantitative estimate of drug-likeness (QED) is 0.655. The van der Waals surface area contributed by atoms with Crippen molar-refractivity contribution in [3.8, 4) is 5.75 Å². The molecule has 0 radical (unpaired) electrons. The van der Waals surface area contributed by atoms with Gasteiger partial charge < -0.3 is 15.7 Å². The van der Waals surface area contributed by atoms with Crippen LogP contribution in [0.25, 0.3) is 0 Å². The normalized spacial score (nSPS) is 10.2. The second-order valence-corrected chi connectivity index (χ2v) is 4.54. The van der Waals surface area contributed by atoms with E-state index in [0.717, 1.165) is 5.69 Å². The maximum absolute atomic E-state index is 12.2. The number of hydrogen-bond acceptors (Lipinski definition) is 4. The number of anilines is 1. The molecular formula is C15H17N3O2. The number of likely N-dealkylation sites (N-methyl/N-ethyl adjacent to an activating group) is 1. The average Bonchev–Trinajstić information content (AvgIpc) is 2.48. The summed E-state index contributed by atoms with van der Waals surface area (Å²) in [5, 5.41) is 9.82. The summed E-state index contributed by atoms with van der Waals surface area (Å²) in [6.07, 6.45) is 2.38. The molecule has 3 N–H and O–H groups in total. The molecule has 0 unspecified atom stereocenters. The first-order valence-corrected chi connectivity index (χ1v) is 6.32. The number of para-hydroxylation sites is 1. The molecular weight excluding hydrogens is 254 g/mol. The lowest BCUT2D eigenvalue weighted by atomic mass is 10.1. The van der Waals surface area contributed by atoms with Gasteiger partial charge in [0.25, 0.3) is 5.91 Å². The monoisotopic (exact) mass is 271 g/mol. The Labute approximate surface area is 117 Å². The van der Waals surface area contributed by atoms with Gasteiger partial charge in [-0.05, 0) is 24.3 Å². The van der Waals surface area contributed by atoms with Gasteiger partial charge in [0.1, 0.15) is 0 Å². The van der Waals surface area contributed by atoms with Gasteiger partial charge in [-0.15, -0.1) is 0 Å². The number of rotatable bonds is 4. The lowest BCUT2D eigenvalue weighted by Gasteiger charge is -2.18. The first kappa shape index (κ1) is 13.9. The predicted octanol–water partition coefficient (Wildman–Crippen LogP) is 1.68. The van der Waals surface area contributed by atoms with Crippen LogP contribution in [0.15, 0.2) is 42.6 Å². The third-order valence-corrected chi connectivity index (χ3v) is 3.07. The van der Waals surface area contributed by atoms with Crippen LogP contribution in [-0.4, -0.2) is 34.5 Å². The minimum atomic E-state index is -0.259. The molecule has 1 amide bonds. The molecule has 0 aliphatic carbocycles. The lowest BCUT2D eigenvalue weighted by molar-refractivity contribution is 0.0793. The number of phenolic OH excluding ortho intramolecular Hbond substituents is 1. The number of aromatic nitrogens is 1. The van der Waals surface area contributed by atoms with Crippen LogP contribution in [0.3, 0.4) is 0 Å². The molecule has 0 atom stereocenters. The highest BCUT2D eigenvalue weighted by atomic mass is 16.3. The highest BCUT2D eigenvalue weighted by molar-refractivity contribution is 5.98. The fourth-order valence-corrected chi connectivity index (χ4v) is 1.87. The van der Waals surface area contributed by atoms with Gasteiger partial charge in [-0.2, -0.15) is 0 Å². The summed E-state index contributed by atoms with van der Waals surface area (Å²) in [6, 6.07) is 10.4. The van der Waals surface area contributed by atoms with E-state index in [1.54, 1.807) is 36.3 Å². The highest BCUT2D eigenvalue weighted by Gasteiger charge is 2.16. The Balaban J connectivity index is 2.04. The number of hydrogen-bond donors (Lipinski definition) is 2. The molecule has 20 heavy (non-hydrogen) atoms. The summed E-state index contributed by atoms with van der Waals surface area (Å²) in [6.45, 7) is 0.518. The summed E-state index contributed by atoms with van der Waals surface area (Å²) >= 11 is 0. The second kappa shape index (κ2) is 6.06. The van der Waals surface area contributed by atoms with Gasteiger partial charge in [-0.3, -0.25) is 9.78 Å². The number of carbonyl (C=O) groups excluding carboxylic acids is 1. The Morgan fingerprint density at radius 2 is 2.10 bits per heavy atom. The molecule has 104 valence electrons. The van der Waals surface area contributed by atoms with E-state index in [9.17, 15) is 9.90 Å². The van der Waals surface area contributed by atoms with Gasteiger partial charge in [0.15, 0.2) is 5.75 Å². The number of nitrogens with zero attached hydrogens (tertiary/aromatic N) is 2. The number of aromatic hydroxyl groups is 1. The molecule has 2 aromatic rings. The molecule has 0 spiro atoms. The molecule has 0 aliphatic heterocycles. The standard InChI is InChI=1S/C15H17N3O2/c1-18(10-8-11-5-2-3-9-17-11)15(20)12-6-4-7-13(16)14(12)19/h2-7,9,19H,8,10,16H2,1H3. The number of carbonyl (C=O) groups is 1. The van der Waals surface area contributed by atoms with Crippen LogP contribution in [0, 0.1) is 0 Å². The molecule has 0 saturated heterocycles. The van der Waals surface area contributed by atoms with Gasteiger partial charge in [0.2, 0.25) is 0 Å². The summed E-state index contributed by atoms with van der Waals surface area (Å²) in [7, 11) is 1.69. The van der Waals surface area contributed by atoms with E-state index in [4.69, 9.17) is 5.73 Å². The van der Waals surface area contributed by atoms with Gasteiger partial charge in [-0.25, -0.2) is 0 Å². The van der Waals surface area contributed by atoms with Crippen LogP contribution >= 0.6 is 0 Å². The van der Waals surface area contributed by atoms with Gasteiger partial charge in [-0.1, -0.05) is 12.1 Å². The summed E-state index contributed by atoms with van der Waals surface area (Å²) in [4.78, 5) is 18.0. The zero-order chi connectivity index (χ0) is 14.5. The molecule has 0 bridgehead atoms. The number of amides is 1. The number of nitrogens with two attached hydrogens (primary N) is 1. The van der Waals surface area contributed by atoms with E-state index in [2.05, 4.69) is 4.98 Å². The maximum atomic E-state index is 12.2. The van der Waals surface area contributed by atoms with E-state index < -0.39 is 0 Å². The van der Waals surface area contributed by atoms with E-state index in [0.29, 0.717) is 13.0 Å². The summed E-state index contributed by atoms with van der Waals surface area (Å²) < 4.78 is 0. The molecule has 1 aromatic heterocycles. The molecule has 0 aliphatic rings. The third kappa shape index (κ3) is 3.06. The molecule has 1 aromatic carbocycles. The number of phenols is 1. The lowest BCUT2D eigenvalue weighted by Crippen LogP contribution is -2.29. The number of benzene rings is 1. The topological polar surface area (TPSA) is 79.5 Å². The van der Waals surface area contributed by atoms with Crippen LogP contribution in [0.2, 0.25) is 0 Å². The van der Waals surface area contributed by atoms with Crippen LogP contribution in [0.5, 0.6) is 5.75 Å². The van der Waals surface area contributed by atoms with Crippen LogP contribution < -0.4 is 5.73 Å². The second-order valence-electron chi connectivity index (χ2n) is 4.54. The fraction of sp³-hybridized carbons (Fsp3) is 0.200. The Hall–Kier alpha value is -2.56. The third-order valence-electron chi connectivity index (χ3n) is 3.07. The largest absolute Gasteiger partial charge is 0.505 e. The number of pyridine rings is 1. The zero-order valence-corrected chi connectivity index (χ0v) is 11.3. The summed E-state index contributed by atoms with van der Waals surface area (Å²) in [5.74, 6) is -0.423. The van der Waals surface area contributed by atoms with E-state index in [-0.39, 0.29) is 22.9 Å². The molecule has 1 heterocycles. The van der Waals surface area contributed by atoms with Gasteiger partial charge in [0.05, 0.1) is 11.3 Å². The van der Waals surface area contributed by atoms with Gasteiger partial charge in [0, 0.05) is 31.9 Å². The zero-order valence-electron chi connectivity index (χ0n) is 11.3. The molecule has 2 rings (SSSR count). The van der Waals surface area contributed by atoms with Crippen molar-refractivity contribution < 1.29 is 9.90 Å².